The minimum Gasteiger partial charge on any atom is -0.466 e. The molecule has 9 heteroatoms. The van der Waals surface area contributed by atoms with Gasteiger partial charge in [0.15, 0.2) is 5.76 Å². The Morgan fingerprint density at radius 1 is 1.31 bits per heavy atom. The van der Waals surface area contributed by atoms with Crippen molar-refractivity contribution in [2.24, 2.45) is 0 Å². The number of amides is 2. The minimum atomic E-state index is -0.624. The van der Waals surface area contributed by atoms with Crippen LogP contribution in [-0.2, 0) is 14.3 Å². The first-order valence-electron chi connectivity index (χ1n) is 8.88. The summed E-state index contributed by atoms with van der Waals surface area (Å²) in [6.45, 7) is 1.75. The van der Waals surface area contributed by atoms with Crippen LogP contribution in [0.3, 0.4) is 0 Å². The molecule has 0 aliphatic carbocycles. The van der Waals surface area contributed by atoms with Gasteiger partial charge in [0.25, 0.3) is 11.8 Å². The molecule has 0 saturated carbocycles. The third kappa shape index (κ3) is 4.30. The molecule has 0 atom stereocenters. The number of aliphatic hydroxyl groups is 1. The Labute approximate surface area is 166 Å². The van der Waals surface area contributed by atoms with Crippen LogP contribution in [0.1, 0.15) is 16.1 Å². The van der Waals surface area contributed by atoms with Gasteiger partial charge in [0.2, 0.25) is 0 Å². The number of nitrogens with one attached hydrogen (secondary N) is 2. The number of hydrogen-bond donors (Lipinski definition) is 3. The van der Waals surface area contributed by atoms with E-state index < -0.39 is 17.8 Å². The molecule has 0 saturated heterocycles. The zero-order chi connectivity index (χ0) is 21.0. The van der Waals surface area contributed by atoms with Gasteiger partial charge in [-0.3, -0.25) is 9.59 Å². The summed E-state index contributed by atoms with van der Waals surface area (Å²) in [6.07, 6.45) is 1.40. The number of furan rings is 1. The summed E-state index contributed by atoms with van der Waals surface area (Å²) in [4.78, 5) is 38.3. The van der Waals surface area contributed by atoms with Crippen LogP contribution in [0.15, 0.2) is 52.3 Å². The summed E-state index contributed by atoms with van der Waals surface area (Å²) in [5.41, 5.74) is 2.08. The number of anilines is 2. The van der Waals surface area contributed by atoms with E-state index in [1.54, 1.807) is 30.3 Å². The van der Waals surface area contributed by atoms with Crippen molar-refractivity contribution in [3.05, 3.63) is 59.2 Å². The molecule has 29 heavy (non-hydrogen) atoms. The van der Waals surface area contributed by atoms with Gasteiger partial charge in [0, 0.05) is 17.9 Å². The normalized spacial score (nSPS) is 13.6. The number of aryl methyl sites for hydroxylation is 1. The van der Waals surface area contributed by atoms with Crippen LogP contribution in [0.5, 0.6) is 0 Å². The van der Waals surface area contributed by atoms with Gasteiger partial charge in [-0.05, 0) is 36.8 Å². The predicted molar refractivity (Wildman–Crippen MR) is 104 cm³/mol. The summed E-state index contributed by atoms with van der Waals surface area (Å²) in [5, 5.41) is 14.9. The maximum absolute atomic E-state index is 12.7. The number of hydrogen-bond acceptors (Lipinski definition) is 7. The molecular formula is C20H21N3O6. The van der Waals surface area contributed by atoms with Crippen LogP contribution in [0.4, 0.5) is 11.4 Å². The molecule has 1 aliphatic rings. The number of carbonyl (C=O) groups is 3. The van der Waals surface area contributed by atoms with Crippen molar-refractivity contribution < 1.29 is 28.6 Å². The van der Waals surface area contributed by atoms with E-state index >= 15 is 0 Å². The Balaban J connectivity index is 1.86. The van der Waals surface area contributed by atoms with Gasteiger partial charge in [-0.25, -0.2) is 4.79 Å². The van der Waals surface area contributed by atoms with Gasteiger partial charge in [-0.2, -0.15) is 0 Å². The zero-order valence-electron chi connectivity index (χ0n) is 16.0. The van der Waals surface area contributed by atoms with E-state index in [9.17, 15) is 14.4 Å². The molecule has 0 spiro atoms. The second-order valence-corrected chi connectivity index (χ2v) is 6.38. The first-order chi connectivity index (χ1) is 13.9. The molecule has 3 N–H and O–H groups in total. The Bertz CT molecular complexity index is 965. The largest absolute Gasteiger partial charge is 0.466 e. The first kappa shape index (κ1) is 20.2. The second-order valence-electron chi connectivity index (χ2n) is 6.38. The molecule has 3 rings (SSSR count). The number of carbonyl (C=O) groups excluding carboxylic acids is 3. The van der Waals surface area contributed by atoms with E-state index in [2.05, 4.69) is 10.6 Å². The lowest BCUT2D eigenvalue weighted by atomic mass is 10.1. The molecule has 0 fully saturated rings. The third-order valence-electron chi connectivity index (χ3n) is 4.45. The molecule has 9 nitrogen and oxygen atoms in total. The summed E-state index contributed by atoms with van der Waals surface area (Å²) in [6, 6.07) is 8.29. The highest BCUT2D eigenvalue weighted by atomic mass is 16.5. The zero-order valence-corrected chi connectivity index (χ0v) is 16.0. The Morgan fingerprint density at radius 2 is 2.10 bits per heavy atom. The number of methoxy groups -OCH3 is 1. The molecule has 2 heterocycles. The number of nitrogens with zero attached hydrogens (tertiary/aromatic N) is 1. The average Bonchev–Trinajstić information content (AvgIpc) is 3.34. The summed E-state index contributed by atoms with van der Waals surface area (Å²) in [7, 11) is 1.24. The Morgan fingerprint density at radius 3 is 2.76 bits per heavy atom. The Kier molecular flexibility index (Phi) is 5.99. The van der Waals surface area contributed by atoms with E-state index in [1.807, 2.05) is 6.92 Å². The topological polar surface area (TPSA) is 121 Å². The predicted octanol–water partition coefficient (Wildman–Crippen LogP) is 1.51. The van der Waals surface area contributed by atoms with Crippen molar-refractivity contribution in [3.8, 4) is 0 Å². The van der Waals surface area contributed by atoms with Gasteiger partial charge in [0.05, 0.1) is 32.1 Å². The minimum absolute atomic E-state index is 0.0440. The molecule has 0 unspecified atom stereocenters. The number of aliphatic hydroxyl groups excluding tert-OH is 1. The maximum atomic E-state index is 12.7. The molecule has 1 aromatic carbocycles. The highest BCUT2D eigenvalue weighted by Crippen LogP contribution is 2.27. The van der Waals surface area contributed by atoms with Crippen LogP contribution in [0, 0.1) is 6.92 Å². The van der Waals surface area contributed by atoms with Gasteiger partial charge >= 0.3 is 5.97 Å². The quantitative estimate of drug-likeness (QED) is 0.604. The standard InChI is InChI=1S/C20H21N3O6/c1-12-5-6-13(21-18(25)16-4-3-9-29-16)10-15(12)22-17-14(20(27)28-2)11-23(7-8-24)19(17)26/h3-6,9-10,22,24H,7-8,11H2,1-2H3,(H,21,25). The molecule has 0 bridgehead atoms. The summed E-state index contributed by atoms with van der Waals surface area (Å²) < 4.78 is 9.85. The summed E-state index contributed by atoms with van der Waals surface area (Å²) >= 11 is 0. The highest BCUT2D eigenvalue weighted by molar-refractivity contribution is 6.09. The maximum Gasteiger partial charge on any atom is 0.337 e. The molecule has 1 aliphatic heterocycles. The van der Waals surface area contributed by atoms with Crippen LogP contribution in [0.2, 0.25) is 0 Å². The van der Waals surface area contributed by atoms with E-state index in [0.29, 0.717) is 11.4 Å². The van der Waals surface area contributed by atoms with E-state index in [-0.39, 0.29) is 36.7 Å². The smallest absolute Gasteiger partial charge is 0.337 e. The number of benzene rings is 1. The molecule has 0 radical (unpaired) electrons. The summed E-state index contributed by atoms with van der Waals surface area (Å²) in [5.74, 6) is -1.28. The van der Waals surface area contributed by atoms with E-state index in [4.69, 9.17) is 14.3 Å². The number of ether oxygens (including phenoxy) is 1. The SMILES string of the molecule is COC(=O)C1=C(Nc2cc(NC(=O)c3ccco3)ccc2C)C(=O)N(CCO)C1. The fraction of sp³-hybridized carbons (Fsp3) is 0.250. The molecule has 152 valence electrons. The number of β-amino-alcohol motifs (C(OH)–C–C–N with tert-alkyl or cyclic N) is 1. The van der Waals surface area contributed by atoms with Gasteiger partial charge in [0.1, 0.15) is 5.70 Å². The van der Waals surface area contributed by atoms with Crippen molar-refractivity contribution in [1.82, 2.24) is 4.90 Å². The second kappa shape index (κ2) is 8.61. The van der Waals surface area contributed by atoms with Crippen molar-refractivity contribution >= 4 is 29.2 Å². The molecule has 2 amide bonds. The average molecular weight is 399 g/mol. The number of esters is 1. The van der Waals surface area contributed by atoms with Crippen LogP contribution in [-0.4, -0.2) is 54.6 Å². The van der Waals surface area contributed by atoms with E-state index in [0.717, 1.165) is 5.56 Å². The van der Waals surface area contributed by atoms with Gasteiger partial charge < -0.3 is 29.8 Å². The molecule has 2 aromatic rings. The van der Waals surface area contributed by atoms with Crippen LogP contribution in [0.25, 0.3) is 0 Å². The van der Waals surface area contributed by atoms with E-state index in [1.165, 1.54) is 18.3 Å². The van der Waals surface area contributed by atoms with Crippen molar-refractivity contribution in [1.29, 1.82) is 0 Å². The lowest BCUT2D eigenvalue weighted by Crippen LogP contribution is -2.31. The van der Waals surface area contributed by atoms with Crippen molar-refractivity contribution in [2.75, 3.05) is 37.4 Å². The lowest BCUT2D eigenvalue weighted by Gasteiger charge is -2.16. The van der Waals surface area contributed by atoms with Crippen molar-refractivity contribution in [2.45, 2.75) is 6.92 Å². The van der Waals surface area contributed by atoms with Gasteiger partial charge in [-0.1, -0.05) is 6.07 Å². The Hall–Kier alpha value is -3.59. The van der Waals surface area contributed by atoms with Crippen molar-refractivity contribution in [3.63, 3.8) is 0 Å². The third-order valence-corrected chi connectivity index (χ3v) is 4.45. The lowest BCUT2D eigenvalue weighted by molar-refractivity contribution is -0.136. The van der Waals surface area contributed by atoms with Crippen LogP contribution < -0.4 is 10.6 Å². The number of rotatable bonds is 7. The molecular weight excluding hydrogens is 378 g/mol. The fourth-order valence-electron chi connectivity index (χ4n) is 2.92. The fourth-order valence-corrected chi connectivity index (χ4v) is 2.92. The monoisotopic (exact) mass is 399 g/mol. The van der Waals surface area contributed by atoms with Crippen LogP contribution >= 0.6 is 0 Å². The highest BCUT2D eigenvalue weighted by Gasteiger charge is 2.34. The van der Waals surface area contributed by atoms with Gasteiger partial charge in [-0.15, -0.1) is 0 Å². The molecule has 1 aromatic heterocycles. The first-order valence-corrected chi connectivity index (χ1v) is 8.88.